The minimum atomic E-state index is -4.10. The molecule has 1 aliphatic heterocycles. The second-order valence-electron chi connectivity index (χ2n) is 7.12. The van der Waals surface area contributed by atoms with Gasteiger partial charge in [-0.05, 0) is 41.6 Å². The largest absolute Gasteiger partial charge is 0.502 e. The Morgan fingerprint density at radius 1 is 0.903 bits per heavy atom. The lowest BCUT2D eigenvalue weighted by molar-refractivity contribution is -0.130. The number of aliphatic hydroxyl groups is 1. The third kappa shape index (κ3) is 3.98. The van der Waals surface area contributed by atoms with Crippen molar-refractivity contribution in [1.82, 2.24) is 4.90 Å². The molecule has 0 bridgehead atoms. The van der Waals surface area contributed by atoms with E-state index in [0.717, 1.165) is 10.5 Å². The van der Waals surface area contributed by atoms with Crippen molar-refractivity contribution in [1.29, 1.82) is 0 Å². The van der Waals surface area contributed by atoms with Gasteiger partial charge in [0.25, 0.3) is 5.91 Å². The third-order valence-electron chi connectivity index (χ3n) is 5.23. The standard InChI is InChI=1S/C24H21NO4S2/c1-30-19-14-12-18(13-15-19)21-23(31(28,29)20-10-6-3-7-11-20)22(26)24(27)25(21)16-17-8-4-2-5-9-17/h2-15,21,26H,16H2,1H3. The molecule has 31 heavy (non-hydrogen) atoms. The molecule has 0 aromatic heterocycles. The maximum absolute atomic E-state index is 13.5. The van der Waals surface area contributed by atoms with Crippen molar-refractivity contribution in [3.63, 3.8) is 0 Å². The lowest BCUT2D eigenvalue weighted by Crippen LogP contribution is -2.30. The fraction of sp³-hybridized carbons (Fsp3) is 0.125. The summed E-state index contributed by atoms with van der Waals surface area (Å²) in [7, 11) is -4.10. The summed E-state index contributed by atoms with van der Waals surface area (Å²) in [5.74, 6) is -1.42. The summed E-state index contributed by atoms with van der Waals surface area (Å²) < 4.78 is 27.0. The SMILES string of the molecule is CSc1ccc(C2C(S(=O)(=O)c3ccccc3)=C(O)C(=O)N2Cc2ccccc2)cc1. The van der Waals surface area contributed by atoms with E-state index in [9.17, 15) is 18.3 Å². The molecule has 1 aliphatic rings. The van der Waals surface area contributed by atoms with Crippen LogP contribution in [0.25, 0.3) is 0 Å². The smallest absolute Gasteiger partial charge is 0.290 e. The number of carbonyl (C=O) groups excluding carboxylic acids is 1. The molecule has 1 atom stereocenters. The van der Waals surface area contributed by atoms with Crippen molar-refractivity contribution in [2.24, 2.45) is 0 Å². The van der Waals surface area contributed by atoms with E-state index in [4.69, 9.17) is 0 Å². The normalized spacial score (nSPS) is 16.7. The van der Waals surface area contributed by atoms with Crippen molar-refractivity contribution >= 4 is 27.5 Å². The molecule has 0 saturated carbocycles. The van der Waals surface area contributed by atoms with Gasteiger partial charge in [0, 0.05) is 11.4 Å². The summed E-state index contributed by atoms with van der Waals surface area (Å²) in [6.07, 6.45) is 1.95. The average molecular weight is 452 g/mol. The Morgan fingerprint density at radius 2 is 1.48 bits per heavy atom. The third-order valence-corrected chi connectivity index (χ3v) is 7.86. The highest BCUT2D eigenvalue weighted by molar-refractivity contribution is 7.98. The van der Waals surface area contributed by atoms with Crippen molar-refractivity contribution < 1.29 is 18.3 Å². The van der Waals surface area contributed by atoms with Gasteiger partial charge in [-0.15, -0.1) is 11.8 Å². The molecule has 0 spiro atoms. The van der Waals surface area contributed by atoms with Crippen molar-refractivity contribution in [2.45, 2.75) is 22.4 Å². The fourth-order valence-corrected chi connectivity index (χ4v) is 5.77. The molecule has 0 aliphatic carbocycles. The van der Waals surface area contributed by atoms with Gasteiger partial charge < -0.3 is 10.0 Å². The summed E-state index contributed by atoms with van der Waals surface area (Å²) in [6, 6.07) is 23.6. The Morgan fingerprint density at radius 3 is 2.06 bits per heavy atom. The first-order valence-corrected chi connectivity index (χ1v) is 12.4. The van der Waals surface area contributed by atoms with Crippen LogP contribution in [0.15, 0.2) is 105 Å². The first-order chi connectivity index (χ1) is 14.9. The zero-order chi connectivity index (χ0) is 22.0. The number of hydrogen-bond acceptors (Lipinski definition) is 5. The Labute approximate surface area is 186 Å². The number of rotatable bonds is 6. The molecule has 3 aromatic carbocycles. The molecule has 1 N–H and O–H groups in total. The van der Waals surface area contributed by atoms with Gasteiger partial charge in [-0.25, -0.2) is 8.42 Å². The minimum Gasteiger partial charge on any atom is -0.502 e. The van der Waals surface area contributed by atoms with E-state index in [2.05, 4.69) is 0 Å². The molecule has 1 unspecified atom stereocenters. The van der Waals surface area contributed by atoms with Crippen LogP contribution in [0.1, 0.15) is 17.2 Å². The van der Waals surface area contributed by atoms with Crippen LogP contribution in [0, 0.1) is 0 Å². The number of sulfone groups is 1. The van der Waals surface area contributed by atoms with Gasteiger partial charge in [0.15, 0.2) is 5.76 Å². The molecule has 5 nitrogen and oxygen atoms in total. The molecular weight excluding hydrogens is 430 g/mol. The van der Waals surface area contributed by atoms with E-state index >= 15 is 0 Å². The van der Waals surface area contributed by atoms with E-state index in [1.165, 1.54) is 17.0 Å². The number of carbonyl (C=O) groups is 1. The van der Waals surface area contributed by atoms with Crippen molar-refractivity contribution in [3.8, 4) is 0 Å². The second-order valence-corrected chi connectivity index (χ2v) is 9.92. The van der Waals surface area contributed by atoms with Crippen molar-refractivity contribution in [3.05, 3.63) is 107 Å². The van der Waals surface area contributed by atoms with E-state index in [1.54, 1.807) is 42.1 Å². The van der Waals surface area contributed by atoms with Crippen LogP contribution < -0.4 is 0 Å². The van der Waals surface area contributed by atoms with Crippen LogP contribution >= 0.6 is 11.8 Å². The van der Waals surface area contributed by atoms with Crippen molar-refractivity contribution in [2.75, 3.05) is 6.26 Å². The number of thioether (sulfide) groups is 1. The number of hydrogen-bond donors (Lipinski definition) is 1. The minimum absolute atomic E-state index is 0.0386. The fourth-order valence-electron chi connectivity index (χ4n) is 3.69. The lowest BCUT2D eigenvalue weighted by Gasteiger charge is -2.27. The van der Waals surface area contributed by atoms with Crippen LogP contribution in [0.3, 0.4) is 0 Å². The Hall–Kier alpha value is -3.03. The van der Waals surface area contributed by atoms with Gasteiger partial charge >= 0.3 is 0 Å². The van der Waals surface area contributed by atoms with E-state index in [0.29, 0.717) is 5.56 Å². The summed E-state index contributed by atoms with van der Waals surface area (Å²) in [5.41, 5.74) is 1.47. The molecule has 1 amide bonds. The lowest BCUT2D eigenvalue weighted by atomic mass is 10.1. The van der Waals surface area contributed by atoms with Gasteiger partial charge in [-0.1, -0.05) is 60.7 Å². The van der Waals surface area contributed by atoms with E-state index in [1.807, 2.05) is 48.7 Å². The summed E-state index contributed by atoms with van der Waals surface area (Å²) in [5, 5.41) is 10.7. The van der Waals surface area contributed by atoms with Crippen LogP contribution in [0.2, 0.25) is 0 Å². The molecule has 7 heteroatoms. The Bertz CT molecular complexity index is 1220. The summed E-state index contributed by atoms with van der Waals surface area (Å²) >= 11 is 1.57. The van der Waals surface area contributed by atoms with Gasteiger partial charge in [-0.2, -0.15) is 0 Å². The molecule has 1 heterocycles. The summed E-state index contributed by atoms with van der Waals surface area (Å²) in [6.45, 7) is 0.173. The average Bonchev–Trinajstić information content (AvgIpc) is 3.06. The molecule has 0 fully saturated rings. The van der Waals surface area contributed by atoms with Crippen LogP contribution in [-0.4, -0.2) is 30.6 Å². The van der Waals surface area contributed by atoms with Gasteiger partial charge in [0.2, 0.25) is 9.84 Å². The number of amides is 1. The zero-order valence-electron chi connectivity index (χ0n) is 16.8. The highest BCUT2D eigenvalue weighted by atomic mass is 32.2. The van der Waals surface area contributed by atoms with Crippen LogP contribution in [0.5, 0.6) is 0 Å². The highest BCUT2D eigenvalue weighted by Crippen LogP contribution is 2.43. The summed E-state index contributed by atoms with van der Waals surface area (Å²) in [4.78, 5) is 15.2. The molecular formula is C24H21NO4S2. The Kier molecular flexibility index (Phi) is 5.89. The zero-order valence-corrected chi connectivity index (χ0v) is 18.4. The number of aliphatic hydroxyl groups excluding tert-OH is 1. The van der Waals surface area contributed by atoms with Crippen LogP contribution in [-0.2, 0) is 21.2 Å². The molecule has 158 valence electrons. The van der Waals surface area contributed by atoms with Crippen LogP contribution in [0.4, 0.5) is 0 Å². The monoisotopic (exact) mass is 451 g/mol. The Balaban J connectivity index is 1.85. The van der Waals surface area contributed by atoms with Gasteiger partial charge in [0.1, 0.15) is 4.91 Å². The number of nitrogens with zero attached hydrogens (tertiary/aromatic N) is 1. The van der Waals surface area contributed by atoms with Gasteiger partial charge in [0.05, 0.1) is 10.9 Å². The number of benzene rings is 3. The molecule has 3 aromatic rings. The maximum atomic E-state index is 13.5. The maximum Gasteiger partial charge on any atom is 0.290 e. The first kappa shape index (κ1) is 21.2. The molecule has 4 rings (SSSR count). The van der Waals surface area contributed by atoms with E-state index in [-0.39, 0.29) is 16.3 Å². The predicted octanol–water partition coefficient (Wildman–Crippen LogP) is 4.74. The van der Waals surface area contributed by atoms with E-state index < -0.39 is 27.5 Å². The first-order valence-electron chi connectivity index (χ1n) is 9.65. The second kappa shape index (κ2) is 8.61. The van der Waals surface area contributed by atoms with Gasteiger partial charge in [-0.3, -0.25) is 4.79 Å². The molecule has 0 radical (unpaired) electrons. The highest BCUT2D eigenvalue weighted by Gasteiger charge is 2.46. The predicted molar refractivity (Wildman–Crippen MR) is 121 cm³/mol. The quantitative estimate of drug-likeness (QED) is 0.548. The molecule has 0 saturated heterocycles. The topological polar surface area (TPSA) is 74.7 Å².